The summed E-state index contributed by atoms with van der Waals surface area (Å²) < 4.78 is 0. The minimum Gasteiger partial charge on any atom is -0.345 e. The van der Waals surface area contributed by atoms with Crippen molar-refractivity contribution in [3.63, 3.8) is 0 Å². The van der Waals surface area contributed by atoms with Crippen molar-refractivity contribution in [1.82, 2.24) is 29.7 Å². The summed E-state index contributed by atoms with van der Waals surface area (Å²) >= 11 is 0. The molecular weight excluding hydrogens is 330 g/mol. The summed E-state index contributed by atoms with van der Waals surface area (Å²) in [5.74, 6) is 1.52. The predicted molar refractivity (Wildman–Crippen MR) is 96.7 cm³/mol. The highest BCUT2D eigenvalue weighted by atomic mass is 16.2. The SMILES string of the molecule is CCc1ncc2c(n1)CN(c1cncc(C(=O)N3CCN(C)CC3)n1)C2. The number of hydrogen-bond donors (Lipinski definition) is 0. The Morgan fingerprint density at radius 3 is 2.65 bits per heavy atom. The Morgan fingerprint density at radius 2 is 1.88 bits per heavy atom. The quantitative estimate of drug-likeness (QED) is 0.805. The van der Waals surface area contributed by atoms with Gasteiger partial charge in [0.05, 0.1) is 24.6 Å². The molecule has 0 atom stereocenters. The Morgan fingerprint density at radius 1 is 1.08 bits per heavy atom. The maximum Gasteiger partial charge on any atom is 0.274 e. The maximum absolute atomic E-state index is 12.7. The number of carbonyl (C=O) groups is 1. The van der Waals surface area contributed by atoms with E-state index in [1.165, 1.54) is 0 Å². The van der Waals surface area contributed by atoms with Gasteiger partial charge in [-0.1, -0.05) is 6.92 Å². The molecule has 0 saturated carbocycles. The van der Waals surface area contributed by atoms with E-state index in [1.807, 2.05) is 18.0 Å². The fourth-order valence-corrected chi connectivity index (χ4v) is 3.31. The van der Waals surface area contributed by atoms with E-state index < -0.39 is 0 Å². The van der Waals surface area contributed by atoms with Crippen LogP contribution in [0.15, 0.2) is 18.6 Å². The molecule has 0 aromatic carbocycles. The highest BCUT2D eigenvalue weighted by Gasteiger charge is 2.25. The van der Waals surface area contributed by atoms with E-state index in [0.717, 1.165) is 49.7 Å². The van der Waals surface area contributed by atoms with E-state index in [4.69, 9.17) is 0 Å². The Labute approximate surface area is 152 Å². The van der Waals surface area contributed by atoms with Crippen LogP contribution in [0.3, 0.4) is 0 Å². The summed E-state index contributed by atoms with van der Waals surface area (Å²) in [5.41, 5.74) is 2.55. The van der Waals surface area contributed by atoms with Crippen LogP contribution in [0.2, 0.25) is 0 Å². The van der Waals surface area contributed by atoms with Gasteiger partial charge < -0.3 is 14.7 Å². The van der Waals surface area contributed by atoms with Crippen molar-refractivity contribution >= 4 is 11.7 Å². The number of amides is 1. The summed E-state index contributed by atoms with van der Waals surface area (Å²) in [5, 5.41) is 0. The lowest BCUT2D eigenvalue weighted by atomic mass is 10.3. The lowest BCUT2D eigenvalue weighted by Gasteiger charge is -2.32. The Balaban J connectivity index is 1.51. The molecule has 1 fully saturated rings. The van der Waals surface area contributed by atoms with Crippen LogP contribution in [-0.2, 0) is 19.5 Å². The van der Waals surface area contributed by atoms with Gasteiger partial charge in [-0.15, -0.1) is 0 Å². The van der Waals surface area contributed by atoms with E-state index in [1.54, 1.807) is 12.4 Å². The minimum absolute atomic E-state index is 0.0442. The number of nitrogens with zero attached hydrogens (tertiary/aromatic N) is 7. The molecule has 2 aliphatic heterocycles. The molecular formula is C18H23N7O. The summed E-state index contributed by atoms with van der Waals surface area (Å²) in [6, 6.07) is 0. The molecule has 0 unspecified atom stereocenters. The summed E-state index contributed by atoms with van der Waals surface area (Å²) in [7, 11) is 2.07. The second kappa shape index (κ2) is 6.95. The summed E-state index contributed by atoms with van der Waals surface area (Å²) in [6.45, 7) is 6.65. The number of fused-ring (bicyclic) bond motifs is 1. The Hall–Kier alpha value is -2.61. The smallest absolute Gasteiger partial charge is 0.274 e. The number of rotatable bonds is 3. The fourth-order valence-electron chi connectivity index (χ4n) is 3.31. The van der Waals surface area contributed by atoms with Crippen LogP contribution in [0.4, 0.5) is 5.82 Å². The lowest BCUT2D eigenvalue weighted by molar-refractivity contribution is 0.0658. The van der Waals surface area contributed by atoms with Crippen LogP contribution >= 0.6 is 0 Å². The average Bonchev–Trinajstić information content (AvgIpc) is 3.11. The van der Waals surface area contributed by atoms with E-state index >= 15 is 0 Å². The number of carbonyl (C=O) groups excluding carboxylic acids is 1. The van der Waals surface area contributed by atoms with E-state index in [2.05, 4.69) is 36.8 Å². The molecule has 2 aromatic rings. The second-order valence-corrected chi connectivity index (χ2v) is 6.83. The Kier molecular flexibility index (Phi) is 4.50. The number of anilines is 1. The number of hydrogen-bond acceptors (Lipinski definition) is 7. The average molecular weight is 353 g/mol. The first-order chi connectivity index (χ1) is 12.6. The van der Waals surface area contributed by atoms with E-state index in [0.29, 0.717) is 24.6 Å². The van der Waals surface area contributed by atoms with Gasteiger partial charge in [0.1, 0.15) is 17.3 Å². The van der Waals surface area contributed by atoms with Gasteiger partial charge in [-0.05, 0) is 7.05 Å². The highest BCUT2D eigenvalue weighted by molar-refractivity contribution is 5.92. The zero-order valence-electron chi connectivity index (χ0n) is 15.2. The normalized spacial score (nSPS) is 17.5. The standard InChI is InChI=1S/C18H23N7O/c1-3-16-20-8-13-11-25(12-15(13)21-16)17-10-19-9-14(22-17)18(26)24-6-4-23(2)5-7-24/h8-10H,3-7,11-12H2,1-2H3. The van der Waals surface area contributed by atoms with Crippen molar-refractivity contribution in [3.05, 3.63) is 41.4 Å². The molecule has 0 spiro atoms. The number of aromatic nitrogens is 4. The maximum atomic E-state index is 12.7. The van der Waals surface area contributed by atoms with Crippen molar-refractivity contribution in [3.8, 4) is 0 Å². The largest absolute Gasteiger partial charge is 0.345 e. The first-order valence-electron chi connectivity index (χ1n) is 9.02. The highest BCUT2D eigenvalue weighted by Crippen LogP contribution is 2.25. The van der Waals surface area contributed by atoms with Gasteiger partial charge in [0.2, 0.25) is 0 Å². The van der Waals surface area contributed by atoms with Crippen molar-refractivity contribution in [2.24, 2.45) is 0 Å². The molecule has 1 saturated heterocycles. The van der Waals surface area contributed by atoms with Crippen LogP contribution in [-0.4, -0.2) is 68.9 Å². The first-order valence-corrected chi connectivity index (χ1v) is 9.02. The van der Waals surface area contributed by atoms with Crippen LogP contribution in [0, 0.1) is 0 Å². The van der Waals surface area contributed by atoms with Gasteiger partial charge in [0.25, 0.3) is 5.91 Å². The number of aryl methyl sites for hydroxylation is 1. The molecule has 2 aliphatic rings. The van der Waals surface area contributed by atoms with Gasteiger partial charge in [-0.25, -0.2) is 15.0 Å². The zero-order valence-corrected chi connectivity index (χ0v) is 15.2. The number of likely N-dealkylation sites (N-methyl/N-ethyl adjacent to an activating group) is 1. The molecule has 4 rings (SSSR count). The van der Waals surface area contributed by atoms with Gasteiger partial charge >= 0.3 is 0 Å². The first kappa shape index (κ1) is 16.8. The van der Waals surface area contributed by atoms with Crippen molar-refractivity contribution in [2.45, 2.75) is 26.4 Å². The Bertz CT molecular complexity index is 817. The summed E-state index contributed by atoms with van der Waals surface area (Å²) in [6.07, 6.45) is 5.99. The monoisotopic (exact) mass is 353 g/mol. The van der Waals surface area contributed by atoms with E-state index in [-0.39, 0.29) is 5.91 Å². The topological polar surface area (TPSA) is 78.4 Å². The minimum atomic E-state index is -0.0442. The number of piperazine rings is 1. The third-order valence-corrected chi connectivity index (χ3v) is 4.98. The molecule has 0 bridgehead atoms. The van der Waals surface area contributed by atoms with Gasteiger partial charge in [0.15, 0.2) is 0 Å². The molecule has 1 amide bonds. The molecule has 4 heterocycles. The molecule has 26 heavy (non-hydrogen) atoms. The summed E-state index contributed by atoms with van der Waals surface area (Å²) in [4.78, 5) is 36.7. The van der Waals surface area contributed by atoms with Crippen LogP contribution in [0.5, 0.6) is 0 Å². The van der Waals surface area contributed by atoms with Crippen molar-refractivity contribution < 1.29 is 4.79 Å². The molecule has 2 aromatic heterocycles. The van der Waals surface area contributed by atoms with Crippen molar-refractivity contribution in [1.29, 1.82) is 0 Å². The fraction of sp³-hybridized carbons (Fsp3) is 0.500. The van der Waals surface area contributed by atoms with E-state index in [9.17, 15) is 4.79 Å². The molecule has 8 nitrogen and oxygen atoms in total. The van der Waals surface area contributed by atoms with Crippen LogP contribution in [0.1, 0.15) is 34.5 Å². The van der Waals surface area contributed by atoms with Crippen LogP contribution < -0.4 is 4.90 Å². The zero-order chi connectivity index (χ0) is 18.1. The third kappa shape index (κ3) is 3.24. The molecule has 136 valence electrons. The lowest BCUT2D eigenvalue weighted by Crippen LogP contribution is -2.47. The van der Waals surface area contributed by atoms with Crippen LogP contribution in [0.25, 0.3) is 0 Å². The van der Waals surface area contributed by atoms with Gasteiger partial charge in [0, 0.05) is 50.9 Å². The predicted octanol–water partition coefficient (Wildman–Crippen LogP) is 0.737. The molecule has 0 N–H and O–H groups in total. The third-order valence-electron chi connectivity index (χ3n) is 4.98. The van der Waals surface area contributed by atoms with Crippen molar-refractivity contribution in [2.75, 3.05) is 38.1 Å². The second-order valence-electron chi connectivity index (χ2n) is 6.83. The van der Waals surface area contributed by atoms with Gasteiger partial charge in [-0.3, -0.25) is 9.78 Å². The molecule has 8 heteroatoms. The molecule has 0 radical (unpaired) electrons. The molecule has 0 aliphatic carbocycles. The van der Waals surface area contributed by atoms with Gasteiger partial charge in [-0.2, -0.15) is 0 Å².